The Balaban J connectivity index is 1.58. The smallest absolute Gasteiger partial charge is 0.125 e. The van der Waals surface area contributed by atoms with Crippen LogP contribution in [0.4, 0.5) is 0 Å². The van der Waals surface area contributed by atoms with E-state index in [1.165, 1.54) is 0 Å². The van der Waals surface area contributed by atoms with Gasteiger partial charge in [-0.05, 0) is 32.0 Å². The standard InChI is InChI=1S/C18H30N2O3/c1-15-5-4-6-16(2)18(15)23-12-11-22-14-17(21)13-20-9-7-19(3)8-10-20/h4-6,17,21H,7-14H2,1-3H3/t17-/m1/s1. The van der Waals surface area contributed by atoms with Crippen LogP contribution in [0.2, 0.25) is 0 Å². The van der Waals surface area contributed by atoms with Crippen molar-refractivity contribution in [3.05, 3.63) is 29.3 Å². The van der Waals surface area contributed by atoms with Crippen molar-refractivity contribution in [3.8, 4) is 5.75 Å². The summed E-state index contributed by atoms with van der Waals surface area (Å²) in [4.78, 5) is 4.60. The first-order valence-electron chi connectivity index (χ1n) is 8.42. The quantitative estimate of drug-likeness (QED) is 0.731. The largest absolute Gasteiger partial charge is 0.491 e. The minimum absolute atomic E-state index is 0.364. The van der Waals surface area contributed by atoms with Gasteiger partial charge in [-0.2, -0.15) is 0 Å². The fourth-order valence-electron chi connectivity index (χ4n) is 2.83. The van der Waals surface area contributed by atoms with Gasteiger partial charge < -0.3 is 19.5 Å². The maximum atomic E-state index is 10.1. The van der Waals surface area contributed by atoms with Crippen LogP contribution in [-0.4, -0.2) is 80.6 Å². The Bertz CT molecular complexity index is 453. The Labute approximate surface area is 139 Å². The van der Waals surface area contributed by atoms with Gasteiger partial charge in [-0.15, -0.1) is 0 Å². The van der Waals surface area contributed by atoms with E-state index in [1.54, 1.807) is 0 Å². The number of benzene rings is 1. The van der Waals surface area contributed by atoms with Crippen LogP contribution in [0.1, 0.15) is 11.1 Å². The number of likely N-dealkylation sites (N-methyl/N-ethyl adjacent to an activating group) is 1. The van der Waals surface area contributed by atoms with Gasteiger partial charge >= 0.3 is 0 Å². The van der Waals surface area contributed by atoms with Gasteiger partial charge in [0.15, 0.2) is 0 Å². The Morgan fingerprint density at radius 2 is 1.74 bits per heavy atom. The number of hydrogen-bond donors (Lipinski definition) is 1. The summed E-state index contributed by atoms with van der Waals surface area (Å²) in [6, 6.07) is 6.12. The molecule has 0 amide bonds. The van der Waals surface area contributed by atoms with Crippen LogP contribution in [0.5, 0.6) is 5.75 Å². The van der Waals surface area contributed by atoms with E-state index < -0.39 is 6.10 Å². The van der Waals surface area contributed by atoms with Crippen LogP contribution >= 0.6 is 0 Å². The first kappa shape index (κ1) is 18.2. The van der Waals surface area contributed by atoms with Crippen molar-refractivity contribution in [3.63, 3.8) is 0 Å². The predicted octanol–water partition coefficient (Wildman–Crippen LogP) is 1.31. The highest BCUT2D eigenvalue weighted by Crippen LogP contribution is 2.21. The number of para-hydroxylation sites is 1. The number of hydrogen-bond acceptors (Lipinski definition) is 5. The van der Waals surface area contributed by atoms with Crippen molar-refractivity contribution in [1.82, 2.24) is 9.80 Å². The summed E-state index contributed by atoms with van der Waals surface area (Å²) in [7, 11) is 2.13. The van der Waals surface area contributed by atoms with Gasteiger partial charge in [-0.25, -0.2) is 0 Å². The molecule has 130 valence electrons. The highest BCUT2D eigenvalue weighted by molar-refractivity contribution is 5.39. The summed E-state index contributed by atoms with van der Waals surface area (Å²) in [6.07, 6.45) is -0.432. The van der Waals surface area contributed by atoms with E-state index in [2.05, 4.69) is 16.8 Å². The van der Waals surface area contributed by atoms with Crippen molar-refractivity contribution < 1.29 is 14.6 Å². The summed E-state index contributed by atoms with van der Waals surface area (Å²) in [5.74, 6) is 0.939. The Morgan fingerprint density at radius 1 is 1.09 bits per heavy atom. The predicted molar refractivity (Wildman–Crippen MR) is 92.2 cm³/mol. The number of aryl methyl sites for hydroxylation is 2. The van der Waals surface area contributed by atoms with E-state index in [9.17, 15) is 5.11 Å². The molecule has 0 saturated carbocycles. The van der Waals surface area contributed by atoms with E-state index in [0.29, 0.717) is 26.4 Å². The molecule has 1 saturated heterocycles. The van der Waals surface area contributed by atoms with Crippen molar-refractivity contribution in [2.24, 2.45) is 0 Å². The molecule has 1 atom stereocenters. The van der Waals surface area contributed by atoms with Gasteiger partial charge in [-0.1, -0.05) is 18.2 Å². The number of rotatable bonds is 8. The van der Waals surface area contributed by atoms with Gasteiger partial charge in [0.2, 0.25) is 0 Å². The Morgan fingerprint density at radius 3 is 2.39 bits per heavy atom. The van der Waals surface area contributed by atoms with Gasteiger partial charge in [0.1, 0.15) is 12.4 Å². The molecular formula is C18H30N2O3. The van der Waals surface area contributed by atoms with Crippen molar-refractivity contribution in [1.29, 1.82) is 0 Å². The van der Waals surface area contributed by atoms with Crippen LogP contribution in [0.25, 0.3) is 0 Å². The van der Waals surface area contributed by atoms with Crippen molar-refractivity contribution in [2.45, 2.75) is 20.0 Å². The molecule has 5 nitrogen and oxygen atoms in total. The second-order valence-electron chi connectivity index (χ2n) is 6.40. The molecule has 1 aliphatic heterocycles. The lowest BCUT2D eigenvalue weighted by atomic mass is 10.1. The van der Waals surface area contributed by atoms with Crippen LogP contribution in [0.3, 0.4) is 0 Å². The molecular weight excluding hydrogens is 292 g/mol. The van der Waals surface area contributed by atoms with Crippen LogP contribution < -0.4 is 4.74 Å². The van der Waals surface area contributed by atoms with Gasteiger partial charge in [-0.3, -0.25) is 4.90 Å². The first-order valence-corrected chi connectivity index (χ1v) is 8.42. The molecule has 0 bridgehead atoms. The number of aliphatic hydroxyl groups excluding tert-OH is 1. The number of piperazine rings is 1. The molecule has 1 heterocycles. The lowest BCUT2D eigenvalue weighted by molar-refractivity contribution is 0.00140. The topological polar surface area (TPSA) is 45.2 Å². The monoisotopic (exact) mass is 322 g/mol. The van der Waals surface area contributed by atoms with E-state index in [1.807, 2.05) is 32.0 Å². The summed E-state index contributed by atoms with van der Waals surface area (Å²) in [5, 5.41) is 10.1. The molecule has 1 N–H and O–H groups in total. The van der Waals surface area contributed by atoms with Crippen LogP contribution in [-0.2, 0) is 4.74 Å². The van der Waals surface area contributed by atoms with Gasteiger partial charge in [0.25, 0.3) is 0 Å². The maximum Gasteiger partial charge on any atom is 0.125 e. The summed E-state index contributed by atoms with van der Waals surface area (Å²) < 4.78 is 11.3. The summed E-state index contributed by atoms with van der Waals surface area (Å²) >= 11 is 0. The van der Waals surface area contributed by atoms with Crippen molar-refractivity contribution in [2.75, 3.05) is 59.6 Å². The first-order chi connectivity index (χ1) is 11.1. The molecule has 1 aliphatic rings. The zero-order valence-electron chi connectivity index (χ0n) is 14.6. The van der Waals surface area contributed by atoms with Crippen molar-refractivity contribution >= 4 is 0 Å². The van der Waals surface area contributed by atoms with Crippen LogP contribution in [0.15, 0.2) is 18.2 Å². The normalized spacial score (nSPS) is 18.1. The van der Waals surface area contributed by atoms with E-state index >= 15 is 0 Å². The second kappa shape index (κ2) is 9.23. The summed E-state index contributed by atoms with van der Waals surface area (Å²) in [6.45, 7) is 10.3. The fraction of sp³-hybridized carbons (Fsp3) is 0.667. The molecule has 0 aliphatic carbocycles. The second-order valence-corrected chi connectivity index (χ2v) is 6.40. The highest BCUT2D eigenvalue weighted by Gasteiger charge is 2.16. The molecule has 5 heteroatoms. The third kappa shape index (κ3) is 6.11. The SMILES string of the molecule is Cc1cccc(C)c1OCCOC[C@H](O)CN1CCN(C)CC1. The molecule has 1 aromatic carbocycles. The van der Waals surface area contributed by atoms with E-state index in [0.717, 1.165) is 43.1 Å². The molecule has 0 aromatic heterocycles. The molecule has 0 radical (unpaired) electrons. The summed E-state index contributed by atoms with van der Waals surface area (Å²) in [5.41, 5.74) is 2.28. The zero-order chi connectivity index (χ0) is 16.7. The minimum atomic E-state index is -0.432. The van der Waals surface area contributed by atoms with E-state index in [4.69, 9.17) is 9.47 Å². The lowest BCUT2D eigenvalue weighted by Gasteiger charge is -2.33. The van der Waals surface area contributed by atoms with Gasteiger partial charge in [0, 0.05) is 32.7 Å². The number of aliphatic hydroxyl groups is 1. The Kier molecular flexibility index (Phi) is 7.30. The van der Waals surface area contributed by atoms with Gasteiger partial charge in [0.05, 0.1) is 19.3 Å². The Hall–Kier alpha value is -1.14. The average Bonchev–Trinajstić information content (AvgIpc) is 2.52. The lowest BCUT2D eigenvalue weighted by Crippen LogP contribution is -2.47. The minimum Gasteiger partial charge on any atom is -0.491 e. The molecule has 0 spiro atoms. The molecule has 1 fully saturated rings. The van der Waals surface area contributed by atoms with E-state index in [-0.39, 0.29) is 0 Å². The maximum absolute atomic E-state index is 10.1. The average molecular weight is 322 g/mol. The van der Waals surface area contributed by atoms with Crippen LogP contribution in [0, 0.1) is 13.8 Å². The number of nitrogens with zero attached hydrogens (tertiary/aromatic N) is 2. The molecule has 2 rings (SSSR count). The third-order valence-corrected chi connectivity index (χ3v) is 4.26. The third-order valence-electron chi connectivity index (χ3n) is 4.26. The molecule has 1 aromatic rings. The molecule has 0 unspecified atom stereocenters. The number of ether oxygens (including phenoxy) is 2. The highest BCUT2D eigenvalue weighted by atomic mass is 16.5. The molecule has 23 heavy (non-hydrogen) atoms. The fourth-order valence-corrected chi connectivity index (χ4v) is 2.83. The number of β-amino-alcohol motifs (C(OH)–C–C–N with tert-alkyl or cyclic N) is 1. The zero-order valence-corrected chi connectivity index (χ0v) is 14.6.